The second-order valence-electron chi connectivity index (χ2n) is 3.57. The Balaban J connectivity index is 2.38. The fourth-order valence-electron chi connectivity index (χ4n) is 1.34. The molecule has 16 heavy (non-hydrogen) atoms. The van der Waals surface area contributed by atoms with Crippen molar-refractivity contribution < 1.29 is 5.11 Å². The molecular weight excluding hydrogens is 226 g/mol. The van der Waals surface area contributed by atoms with Crippen molar-refractivity contribution in [3.05, 3.63) is 16.9 Å². The molecule has 1 heterocycles. The number of rotatable bonds is 7. The van der Waals surface area contributed by atoms with Crippen LogP contribution in [0.4, 0.5) is 5.95 Å². The van der Waals surface area contributed by atoms with Gasteiger partial charge < -0.3 is 10.4 Å². The zero-order valence-electron chi connectivity index (χ0n) is 9.54. The summed E-state index contributed by atoms with van der Waals surface area (Å²) >= 11 is 5.87. The quantitative estimate of drug-likeness (QED) is 0.570. The molecule has 0 unspecified atom stereocenters. The van der Waals surface area contributed by atoms with E-state index in [1.54, 1.807) is 6.07 Å². The van der Waals surface area contributed by atoms with Gasteiger partial charge in [-0.15, -0.1) is 0 Å². The molecule has 5 heteroatoms. The Hall–Kier alpha value is -0.870. The van der Waals surface area contributed by atoms with Gasteiger partial charge >= 0.3 is 0 Å². The lowest BCUT2D eigenvalue weighted by molar-refractivity contribution is 0.283. The van der Waals surface area contributed by atoms with Gasteiger partial charge in [-0.3, -0.25) is 0 Å². The van der Waals surface area contributed by atoms with Crippen LogP contribution >= 0.6 is 11.6 Å². The van der Waals surface area contributed by atoms with E-state index in [9.17, 15) is 0 Å². The third kappa shape index (κ3) is 4.77. The highest BCUT2D eigenvalue weighted by Gasteiger charge is 2.01. The summed E-state index contributed by atoms with van der Waals surface area (Å²) in [6, 6.07) is 1.78. The number of aromatic nitrogens is 2. The van der Waals surface area contributed by atoms with Crippen molar-refractivity contribution in [3.8, 4) is 0 Å². The predicted molar refractivity (Wildman–Crippen MR) is 65.8 cm³/mol. The molecule has 2 N–H and O–H groups in total. The van der Waals surface area contributed by atoms with Gasteiger partial charge in [-0.05, 0) is 31.7 Å². The van der Waals surface area contributed by atoms with Crippen LogP contribution in [-0.2, 0) is 6.42 Å². The van der Waals surface area contributed by atoms with Crippen LogP contribution < -0.4 is 5.32 Å². The number of halogens is 1. The topological polar surface area (TPSA) is 58.0 Å². The Labute approximate surface area is 101 Å². The highest BCUT2D eigenvalue weighted by Crippen LogP contribution is 2.11. The minimum absolute atomic E-state index is 0.258. The highest BCUT2D eigenvalue weighted by atomic mass is 35.5. The van der Waals surface area contributed by atoms with Crippen LogP contribution in [0.2, 0.25) is 5.15 Å². The van der Waals surface area contributed by atoms with E-state index in [4.69, 9.17) is 16.7 Å². The molecule has 0 aliphatic carbocycles. The molecule has 0 saturated carbocycles. The van der Waals surface area contributed by atoms with E-state index >= 15 is 0 Å². The van der Waals surface area contributed by atoms with E-state index in [2.05, 4.69) is 15.3 Å². The first kappa shape index (κ1) is 13.2. The molecule has 0 aromatic carbocycles. The van der Waals surface area contributed by atoms with Gasteiger partial charge in [0.1, 0.15) is 5.15 Å². The molecule has 0 aliphatic heterocycles. The third-order valence-corrected chi connectivity index (χ3v) is 2.42. The number of aryl methyl sites for hydroxylation is 1. The monoisotopic (exact) mass is 243 g/mol. The fourth-order valence-corrected chi connectivity index (χ4v) is 1.54. The van der Waals surface area contributed by atoms with Gasteiger partial charge in [0.25, 0.3) is 0 Å². The summed E-state index contributed by atoms with van der Waals surface area (Å²) in [7, 11) is 0. The summed E-state index contributed by atoms with van der Waals surface area (Å²) in [5.74, 6) is 0.591. The number of hydrogen-bond acceptors (Lipinski definition) is 4. The first-order chi connectivity index (χ1) is 7.76. The number of unbranched alkanes of at least 4 members (excludes halogenated alkanes) is 2. The van der Waals surface area contributed by atoms with Crippen molar-refractivity contribution in [1.29, 1.82) is 0 Å². The Kier molecular flexibility index (Phi) is 6.11. The number of anilines is 1. The molecule has 0 fully saturated rings. The first-order valence-corrected chi connectivity index (χ1v) is 6.02. The average Bonchev–Trinajstić information content (AvgIpc) is 2.28. The minimum atomic E-state index is 0.258. The minimum Gasteiger partial charge on any atom is -0.396 e. The summed E-state index contributed by atoms with van der Waals surface area (Å²) in [6.45, 7) is 3.10. The Morgan fingerprint density at radius 3 is 2.81 bits per heavy atom. The van der Waals surface area contributed by atoms with Crippen LogP contribution in [0.15, 0.2) is 6.07 Å². The number of aliphatic hydroxyl groups is 1. The van der Waals surface area contributed by atoms with Crippen LogP contribution in [0.5, 0.6) is 0 Å². The van der Waals surface area contributed by atoms with Gasteiger partial charge in [0.2, 0.25) is 5.95 Å². The molecule has 90 valence electrons. The molecule has 0 saturated heterocycles. The standard InChI is InChI=1S/C11H18ClN3O/c1-2-9-8-10(12)15-11(14-9)13-6-4-3-5-7-16/h8,16H,2-7H2,1H3,(H,13,14,15). The van der Waals surface area contributed by atoms with Crippen molar-refractivity contribution in [3.63, 3.8) is 0 Å². The van der Waals surface area contributed by atoms with E-state index in [0.29, 0.717) is 11.1 Å². The molecule has 0 amide bonds. The van der Waals surface area contributed by atoms with Crippen LogP contribution in [0.3, 0.4) is 0 Å². The Morgan fingerprint density at radius 2 is 2.12 bits per heavy atom. The van der Waals surface area contributed by atoms with Crippen molar-refractivity contribution in [2.75, 3.05) is 18.5 Å². The number of aliphatic hydroxyl groups excluding tert-OH is 1. The van der Waals surface area contributed by atoms with Crippen LogP contribution in [0.1, 0.15) is 31.9 Å². The number of nitrogens with zero attached hydrogens (tertiary/aromatic N) is 2. The summed E-state index contributed by atoms with van der Waals surface area (Å²) in [5, 5.41) is 12.2. The predicted octanol–water partition coefficient (Wildman–Crippen LogP) is 2.27. The van der Waals surface area contributed by atoms with Gasteiger partial charge in [-0.25, -0.2) is 9.97 Å². The van der Waals surface area contributed by atoms with Gasteiger partial charge in [0.05, 0.1) is 0 Å². The Morgan fingerprint density at radius 1 is 1.31 bits per heavy atom. The lowest BCUT2D eigenvalue weighted by Gasteiger charge is -2.06. The van der Waals surface area contributed by atoms with Gasteiger partial charge in [0.15, 0.2) is 0 Å². The van der Waals surface area contributed by atoms with Gasteiger partial charge in [-0.1, -0.05) is 18.5 Å². The second-order valence-corrected chi connectivity index (χ2v) is 3.96. The lowest BCUT2D eigenvalue weighted by atomic mass is 10.2. The van der Waals surface area contributed by atoms with Gasteiger partial charge in [-0.2, -0.15) is 0 Å². The summed E-state index contributed by atoms with van der Waals surface area (Å²) < 4.78 is 0. The van der Waals surface area contributed by atoms with E-state index < -0.39 is 0 Å². The fraction of sp³-hybridized carbons (Fsp3) is 0.636. The molecule has 1 rings (SSSR count). The Bertz CT molecular complexity index is 320. The zero-order chi connectivity index (χ0) is 11.8. The van der Waals surface area contributed by atoms with Gasteiger partial charge in [0, 0.05) is 18.8 Å². The van der Waals surface area contributed by atoms with E-state index in [0.717, 1.165) is 37.9 Å². The third-order valence-electron chi connectivity index (χ3n) is 2.23. The van der Waals surface area contributed by atoms with Crippen LogP contribution in [-0.4, -0.2) is 28.2 Å². The van der Waals surface area contributed by atoms with E-state index in [1.165, 1.54) is 0 Å². The maximum Gasteiger partial charge on any atom is 0.224 e. The van der Waals surface area contributed by atoms with Crippen LogP contribution in [0.25, 0.3) is 0 Å². The second kappa shape index (κ2) is 7.41. The molecule has 1 aromatic rings. The molecule has 0 aliphatic rings. The number of nitrogens with one attached hydrogen (secondary N) is 1. The van der Waals surface area contributed by atoms with Crippen molar-refractivity contribution in [2.24, 2.45) is 0 Å². The van der Waals surface area contributed by atoms with Crippen molar-refractivity contribution in [2.45, 2.75) is 32.6 Å². The van der Waals surface area contributed by atoms with Crippen LogP contribution in [0, 0.1) is 0 Å². The maximum atomic E-state index is 8.62. The highest BCUT2D eigenvalue weighted by molar-refractivity contribution is 6.29. The summed E-state index contributed by atoms with van der Waals surface area (Å²) in [6.07, 6.45) is 3.70. The van der Waals surface area contributed by atoms with Crippen molar-refractivity contribution in [1.82, 2.24) is 9.97 Å². The SMILES string of the molecule is CCc1cc(Cl)nc(NCCCCCO)n1. The normalized spacial score (nSPS) is 10.4. The molecule has 1 aromatic heterocycles. The molecular formula is C11H18ClN3O. The summed E-state index contributed by atoms with van der Waals surface area (Å²) in [4.78, 5) is 8.41. The lowest BCUT2D eigenvalue weighted by Crippen LogP contribution is -2.07. The largest absolute Gasteiger partial charge is 0.396 e. The first-order valence-electron chi connectivity index (χ1n) is 5.64. The summed E-state index contributed by atoms with van der Waals surface area (Å²) in [5.41, 5.74) is 0.942. The average molecular weight is 244 g/mol. The van der Waals surface area contributed by atoms with E-state index in [-0.39, 0.29) is 6.61 Å². The molecule has 0 bridgehead atoms. The zero-order valence-corrected chi connectivity index (χ0v) is 10.3. The molecule has 4 nitrogen and oxygen atoms in total. The molecule has 0 spiro atoms. The van der Waals surface area contributed by atoms with E-state index in [1.807, 2.05) is 6.92 Å². The smallest absolute Gasteiger partial charge is 0.224 e. The number of hydrogen-bond donors (Lipinski definition) is 2. The van der Waals surface area contributed by atoms with Crippen molar-refractivity contribution >= 4 is 17.5 Å². The molecule has 0 atom stereocenters. The molecule has 0 radical (unpaired) electrons. The maximum absolute atomic E-state index is 8.62.